The van der Waals surface area contributed by atoms with Crippen LogP contribution in [0.2, 0.25) is 0 Å². The Kier molecular flexibility index (Phi) is 8.13. The number of fused-ring (bicyclic) bond motifs is 1. The fourth-order valence-electron chi connectivity index (χ4n) is 5.37. The standard InChI is InChI=1S/C25H40N6O5/c1-7-34-19(32)9-8-16-10-17(11-16)30(15(2)3)12-18(33-6)21-24(36-25(4,5)35-21)31-14-29-20-22(26)27-13-28-23(20)31/h13-18,21,24H,7-12H2,1-6H3,(H2,26,27,28)/t16?,17?,18-,21-,24-/m1/s1. The third-order valence-electron chi connectivity index (χ3n) is 7.23. The molecular weight excluding hydrogens is 464 g/mol. The number of hydrogen-bond acceptors (Lipinski definition) is 10. The highest BCUT2D eigenvalue weighted by Crippen LogP contribution is 2.40. The molecule has 3 heterocycles. The van der Waals surface area contributed by atoms with E-state index in [-0.39, 0.29) is 18.2 Å². The number of methoxy groups -OCH3 is 1. The molecule has 1 saturated heterocycles. The lowest BCUT2D eigenvalue weighted by Gasteiger charge is -2.46. The van der Waals surface area contributed by atoms with Gasteiger partial charge in [0.05, 0.1) is 12.9 Å². The van der Waals surface area contributed by atoms with Crippen LogP contribution in [-0.2, 0) is 23.7 Å². The Morgan fingerprint density at radius 1 is 1.28 bits per heavy atom. The van der Waals surface area contributed by atoms with Crippen molar-refractivity contribution in [3.63, 3.8) is 0 Å². The van der Waals surface area contributed by atoms with E-state index in [9.17, 15) is 4.79 Å². The van der Waals surface area contributed by atoms with E-state index < -0.39 is 12.0 Å². The van der Waals surface area contributed by atoms with Gasteiger partial charge >= 0.3 is 5.97 Å². The van der Waals surface area contributed by atoms with Gasteiger partial charge in [-0.1, -0.05) is 0 Å². The molecule has 0 spiro atoms. The van der Waals surface area contributed by atoms with Crippen molar-refractivity contribution >= 4 is 23.0 Å². The van der Waals surface area contributed by atoms with Crippen LogP contribution >= 0.6 is 0 Å². The molecule has 11 heteroatoms. The molecule has 2 aromatic heterocycles. The molecule has 3 atom stereocenters. The SMILES string of the molecule is CCOC(=O)CCC1CC(N(C[C@@H](OC)[C@H]2OC(C)(C)O[C@H]2n2cnc3c(N)ncnc32)C(C)C)C1. The summed E-state index contributed by atoms with van der Waals surface area (Å²) >= 11 is 0. The summed E-state index contributed by atoms with van der Waals surface area (Å²) in [5, 5.41) is 0. The van der Waals surface area contributed by atoms with Crippen LogP contribution in [0.5, 0.6) is 0 Å². The van der Waals surface area contributed by atoms with Crippen molar-refractivity contribution in [2.75, 3.05) is 26.0 Å². The van der Waals surface area contributed by atoms with Crippen molar-refractivity contribution in [2.45, 2.75) is 96.6 Å². The van der Waals surface area contributed by atoms with Crippen molar-refractivity contribution in [1.29, 1.82) is 0 Å². The monoisotopic (exact) mass is 504 g/mol. The summed E-state index contributed by atoms with van der Waals surface area (Å²) in [6.07, 6.45) is 5.46. The summed E-state index contributed by atoms with van der Waals surface area (Å²) in [5.41, 5.74) is 7.13. The molecular formula is C25H40N6O5. The number of ether oxygens (including phenoxy) is 4. The van der Waals surface area contributed by atoms with E-state index in [2.05, 4.69) is 33.7 Å². The molecule has 36 heavy (non-hydrogen) atoms. The number of hydrogen-bond donors (Lipinski definition) is 1. The minimum atomic E-state index is -0.807. The van der Waals surface area contributed by atoms with Crippen LogP contribution in [0.4, 0.5) is 5.82 Å². The molecule has 2 N–H and O–H groups in total. The van der Waals surface area contributed by atoms with E-state index in [1.165, 1.54) is 6.33 Å². The van der Waals surface area contributed by atoms with Gasteiger partial charge in [0.1, 0.15) is 24.1 Å². The molecule has 4 rings (SSSR count). The zero-order chi connectivity index (χ0) is 26.0. The summed E-state index contributed by atoms with van der Waals surface area (Å²) in [6, 6.07) is 0.763. The molecule has 0 unspecified atom stereocenters. The normalized spacial score (nSPS) is 26.4. The van der Waals surface area contributed by atoms with Gasteiger partial charge in [-0.3, -0.25) is 14.3 Å². The highest BCUT2D eigenvalue weighted by molar-refractivity contribution is 5.81. The largest absolute Gasteiger partial charge is 0.466 e. The number of carbonyl (C=O) groups is 1. The molecule has 2 aromatic rings. The van der Waals surface area contributed by atoms with Gasteiger partial charge in [0.2, 0.25) is 0 Å². The number of rotatable bonds is 11. The van der Waals surface area contributed by atoms with Crippen LogP contribution < -0.4 is 5.73 Å². The lowest BCUT2D eigenvalue weighted by molar-refractivity contribution is -0.163. The number of nitrogens with two attached hydrogens (primary N) is 1. The smallest absolute Gasteiger partial charge is 0.305 e. The lowest BCUT2D eigenvalue weighted by atomic mass is 9.76. The van der Waals surface area contributed by atoms with E-state index in [0.717, 1.165) is 19.3 Å². The topological polar surface area (TPSA) is 127 Å². The molecule has 0 bridgehead atoms. The molecule has 200 valence electrons. The Bertz CT molecular complexity index is 1040. The van der Waals surface area contributed by atoms with Gasteiger partial charge in [0.15, 0.2) is 23.5 Å². The molecule has 0 aromatic carbocycles. The van der Waals surface area contributed by atoms with Gasteiger partial charge in [-0.05, 0) is 59.8 Å². The van der Waals surface area contributed by atoms with Crippen LogP contribution in [0.1, 0.15) is 66.5 Å². The second-order valence-corrected chi connectivity index (χ2v) is 10.5. The Balaban J connectivity index is 1.47. The first-order chi connectivity index (χ1) is 17.1. The van der Waals surface area contributed by atoms with Crippen molar-refractivity contribution in [3.05, 3.63) is 12.7 Å². The van der Waals surface area contributed by atoms with Gasteiger partial charge in [0, 0.05) is 32.2 Å². The maximum absolute atomic E-state index is 11.7. The molecule has 2 fully saturated rings. The Morgan fingerprint density at radius 2 is 2.03 bits per heavy atom. The number of nitrogen functional groups attached to an aromatic ring is 1. The van der Waals surface area contributed by atoms with E-state index in [4.69, 9.17) is 24.7 Å². The van der Waals surface area contributed by atoms with Gasteiger partial charge in [-0.25, -0.2) is 15.0 Å². The predicted molar refractivity (Wildman–Crippen MR) is 134 cm³/mol. The summed E-state index contributed by atoms with van der Waals surface area (Å²) < 4.78 is 25.7. The van der Waals surface area contributed by atoms with E-state index >= 15 is 0 Å². The summed E-state index contributed by atoms with van der Waals surface area (Å²) in [6.45, 7) is 11.2. The average molecular weight is 505 g/mol. The maximum atomic E-state index is 11.7. The highest BCUT2D eigenvalue weighted by Gasteiger charge is 2.48. The van der Waals surface area contributed by atoms with Crippen molar-refractivity contribution in [3.8, 4) is 0 Å². The first kappa shape index (κ1) is 26.7. The molecule has 1 aliphatic heterocycles. The molecule has 11 nitrogen and oxygen atoms in total. The van der Waals surface area contributed by atoms with Crippen LogP contribution in [0.15, 0.2) is 12.7 Å². The molecule has 1 saturated carbocycles. The summed E-state index contributed by atoms with van der Waals surface area (Å²) in [5.74, 6) is -0.0437. The fourth-order valence-corrected chi connectivity index (χ4v) is 5.37. The van der Waals surface area contributed by atoms with E-state index in [1.807, 2.05) is 25.3 Å². The maximum Gasteiger partial charge on any atom is 0.305 e. The first-order valence-electron chi connectivity index (χ1n) is 12.9. The second-order valence-electron chi connectivity index (χ2n) is 10.5. The van der Waals surface area contributed by atoms with Crippen LogP contribution in [0, 0.1) is 5.92 Å². The van der Waals surface area contributed by atoms with Gasteiger partial charge < -0.3 is 24.7 Å². The number of carbonyl (C=O) groups excluding carboxylic acids is 1. The van der Waals surface area contributed by atoms with Gasteiger partial charge in [-0.2, -0.15) is 0 Å². The molecule has 1 aliphatic carbocycles. The van der Waals surface area contributed by atoms with Crippen molar-refractivity contribution in [1.82, 2.24) is 24.4 Å². The third-order valence-corrected chi connectivity index (χ3v) is 7.23. The summed E-state index contributed by atoms with van der Waals surface area (Å²) in [7, 11) is 1.71. The Hall–Kier alpha value is -2.34. The van der Waals surface area contributed by atoms with Gasteiger partial charge in [-0.15, -0.1) is 0 Å². The lowest BCUT2D eigenvalue weighted by Crippen LogP contribution is -2.53. The van der Waals surface area contributed by atoms with Crippen LogP contribution in [0.25, 0.3) is 11.2 Å². The fraction of sp³-hybridized carbons (Fsp3) is 0.760. The first-order valence-corrected chi connectivity index (χ1v) is 12.9. The quantitative estimate of drug-likeness (QED) is 0.456. The predicted octanol–water partition coefficient (Wildman–Crippen LogP) is 2.91. The zero-order valence-electron chi connectivity index (χ0n) is 22.2. The van der Waals surface area contributed by atoms with Crippen molar-refractivity contribution in [2.24, 2.45) is 5.92 Å². The highest BCUT2D eigenvalue weighted by atomic mass is 16.8. The van der Waals surface area contributed by atoms with Crippen LogP contribution in [-0.4, -0.2) is 80.7 Å². The minimum absolute atomic E-state index is 0.104. The number of imidazole rings is 1. The minimum Gasteiger partial charge on any atom is -0.466 e. The molecule has 0 radical (unpaired) electrons. The number of nitrogens with zero attached hydrogens (tertiary/aromatic N) is 5. The second kappa shape index (κ2) is 11.0. The average Bonchev–Trinajstić information content (AvgIpc) is 3.35. The van der Waals surface area contributed by atoms with E-state index in [1.54, 1.807) is 13.4 Å². The van der Waals surface area contributed by atoms with E-state index in [0.29, 0.717) is 54.6 Å². The number of aromatic nitrogens is 4. The van der Waals surface area contributed by atoms with Gasteiger partial charge in [0.25, 0.3) is 0 Å². The Morgan fingerprint density at radius 3 is 2.69 bits per heavy atom. The number of anilines is 1. The summed E-state index contributed by atoms with van der Waals surface area (Å²) in [4.78, 5) is 27.1. The molecule has 0 amide bonds. The number of esters is 1. The third kappa shape index (κ3) is 5.64. The Labute approximate surface area is 212 Å². The van der Waals surface area contributed by atoms with Crippen LogP contribution in [0.3, 0.4) is 0 Å². The van der Waals surface area contributed by atoms with Crippen molar-refractivity contribution < 1.29 is 23.7 Å². The zero-order valence-corrected chi connectivity index (χ0v) is 22.2. The molecule has 2 aliphatic rings.